The van der Waals surface area contributed by atoms with Crippen molar-refractivity contribution in [1.82, 2.24) is 0 Å². The largest absolute Gasteiger partial charge is 0.385 e. The van der Waals surface area contributed by atoms with Crippen molar-refractivity contribution in [2.45, 2.75) is 19.3 Å². The minimum Gasteiger partial charge on any atom is -0.385 e. The van der Waals surface area contributed by atoms with Gasteiger partial charge in [-0.25, -0.2) is 0 Å². The Morgan fingerprint density at radius 2 is 1.92 bits per heavy atom. The van der Waals surface area contributed by atoms with Crippen molar-refractivity contribution >= 4 is 0 Å². The Hall–Kier alpha value is -0.820. The molecule has 0 bridgehead atoms. The highest BCUT2D eigenvalue weighted by Crippen LogP contribution is 2.17. The van der Waals surface area contributed by atoms with Crippen LogP contribution in [-0.4, -0.2) is 13.7 Å². The van der Waals surface area contributed by atoms with Gasteiger partial charge in [-0.05, 0) is 17.9 Å². The van der Waals surface area contributed by atoms with E-state index in [1.165, 1.54) is 5.56 Å². The molecule has 0 N–H and O–H groups in total. The fourth-order valence-electron chi connectivity index (χ4n) is 1.24. The molecule has 1 aromatic rings. The first-order chi connectivity index (χ1) is 5.84. The Morgan fingerprint density at radius 1 is 1.25 bits per heavy atom. The van der Waals surface area contributed by atoms with Gasteiger partial charge in [0.05, 0.1) is 0 Å². The second-order valence-corrected chi connectivity index (χ2v) is 3.09. The number of methoxy groups -OCH3 is 1. The summed E-state index contributed by atoms with van der Waals surface area (Å²) in [6, 6.07) is 10.5. The quantitative estimate of drug-likeness (QED) is 0.665. The molecule has 1 rings (SSSR count). The normalized spacial score (nSPS) is 12.8. The SMILES string of the molecule is COCCC(C)c1ccccc1. The maximum atomic E-state index is 5.03. The highest BCUT2D eigenvalue weighted by atomic mass is 16.5. The fourth-order valence-corrected chi connectivity index (χ4v) is 1.24. The van der Waals surface area contributed by atoms with E-state index in [4.69, 9.17) is 4.74 Å². The Labute approximate surface area is 74.4 Å². The molecule has 1 heteroatoms. The van der Waals surface area contributed by atoms with Crippen LogP contribution in [-0.2, 0) is 4.74 Å². The van der Waals surface area contributed by atoms with Crippen LogP contribution in [0.2, 0.25) is 0 Å². The van der Waals surface area contributed by atoms with Gasteiger partial charge in [-0.1, -0.05) is 37.3 Å². The molecule has 0 aliphatic rings. The monoisotopic (exact) mass is 164 g/mol. The molecule has 1 atom stereocenters. The van der Waals surface area contributed by atoms with Crippen molar-refractivity contribution < 1.29 is 4.74 Å². The Bertz CT molecular complexity index is 206. The molecule has 12 heavy (non-hydrogen) atoms. The maximum absolute atomic E-state index is 5.03. The predicted octanol–water partition coefficient (Wildman–Crippen LogP) is 2.83. The first-order valence-corrected chi connectivity index (χ1v) is 4.38. The highest BCUT2D eigenvalue weighted by Gasteiger charge is 2.02. The van der Waals surface area contributed by atoms with Crippen LogP contribution in [0.1, 0.15) is 24.8 Å². The number of benzene rings is 1. The molecular formula is C11H16O. The van der Waals surface area contributed by atoms with Gasteiger partial charge < -0.3 is 4.74 Å². The van der Waals surface area contributed by atoms with E-state index in [1.807, 2.05) is 6.07 Å². The summed E-state index contributed by atoms with van der Waals surface area (Å²) in [5, 5.41) is 0. The second kappa shape index (κ2) is 4.94. The maximum Gasteiger partial charge on any atom is 0.0467 e. The van der Waals surface area contributed by atoms with Crippen LogP contribution in [0, 0.1) is 0 Å². The molecule has 0 saturated heterocycles. The van der Waals surface area contributed by atoms with Crippen LogP contribution in [0.4, 0.5) is 0 Å². The van der Waals surface area contributed by atoms with E-state index in [1.54, 1.807) is 7.11 Å². The Kier molecular flexibility index (Phi) is 3.81. The molecule has 66 valence electrons. The van der Waals surface area contributed by atoms with Gasteiger partial charge >= 0.3 is 0 Å². The van der Waals surface area contributed by atoms with Crippen LogP contribution in [0.25, 0.3) is 0 Å². The van der Waals surface area contributed by atoms with E-state index in [-0.39, 0.29) is 0 Å². The Morgan fingerprint density at radius 3 is 2.50 bits per heavy atom. The second-order valence-electron chi connectivity index (χ2n) is 3.09. The van der Waals surface area contributed by atoms with E-state index >= 15 is 0 Å². The average Bonchev–Trinajstić information content (AvgIpc) is 2.15. The lowest BCUT2D eigenvalue weighted by molar-refractivity contribution is 0.189. The number of ether oxygens (including phenoxy) is 1. The summed E-state index contributed by atoms with van der Waals surface area (Å²) in [4.78, 5) is 0. The van der Waals surface area contributed by atoms with E-state index in [0.29, 0.717) is 5.92 Å². The smallest absolute Gasteiger partial charge is 0.0467 e. The topological polar surface area (TPSA) is 9.23 Å². The van der Waals surface area contributed by atoms with E-state index in [9.17, 15) is 0 Å². The highest BCUT2D eigenvalue weighted by molar-refractivity contribution is 5.18. The standard InChI is InChI=1S/C11H16O/c1-10(8-9-12-2)11-6-4-3-5-7-11/h3-7,10H,8-9H2,1-2H3. The van der Waals surface area contributed by atoms with E-state index in [0.717, 1.165) is 13.0 Å². The van der Waals surface area contributed by atoms with E-state index in [2.05, 4.69) is 31.2 Å². The number of rotatable bonds is 4. The van der Waals surface area contributed by atoms with Gasteiger partial charge in [0.25, 0.3) is 0 Å². The third-order valence-electron chi connectivity index (χ3n) is 2.12. The van der Waals surface area contributed by atoms with Crippen molar-refractivity contribution in [2.75, 3.05) is 13.7 Å². The third-order valence-corrected chi connectivity index (χ3v) is 2.12. The fraction of sp³-hybridized carbons (Fsp3) is 0.455. The zero-order valence-electron chi connectivity index (χ0n) is 7.79. The summed E-state index contributed by atoms with van der Waals surface area (Å²) in [6.07, 6.45) is 1.10. The molecule has 0 aromatic heterocycles. The molecule has 0 aliphatic carbocycles. The van der Waals surface area contributed by atoms with Crippen molar-refractivity contribution in [1.29, 1.82) is 0 Å². The molecule has 0 aliphatic heterocycles. The average molecular weight is 164 g/mol. The van der Waals surface area contributed by atoms with Gasteiger partial charge in [0, 0.05) is 13.7 Å². The minimum atomic E-state index is 0.603. The molecule has 0 spiro atoms. The zero-order valence-corrected chi connectivity index (χ0v) is 7.79. The van der Waals surface area contributed by atoms with Crippen LogP contribution >= 0.6 is 0 Å². The molecule has 1 aromatic carbocycles. The van der Waals surface area contributed by atoms with Crippen LogP contribution in [0.3, 0.4) is 0 Å². The van der Waals surface area contributed by atoms with Crippen molar-refractivity contribution in [3.8, 4) is 0 Å². The lowest BCUT2D eigenvalue weighted by atomic mass is 9.98. The summed E-state index contributed by atoms with van der Waals surface area (Å²) < 4.78 is 5.03. The van der Waals surface area contributed by atoms with Crippen LogP contribution < -0.4 is 0 Å². The first-order valence-electron chi connectivity index (χ1n) is 4.38. The van der Waals surface area contributed by atoms with Crippen LogP contribution in [0.15, 0.2) is 30.3 Å². The minimum absolute atomic E-state index is 0.603. The summed E-state index contributed by atoms with van der Waals surface area (Å²) >= 11 is 0. The third kappa shape index (κ3) is 2.67. The first kappa shape index (κ1) is 9.27. The zero-order chi connectivity index (χ0) is 8.81. The van der Waals surface area contributed by atoms with Gasteiger partial charge in [0.15, 0.2) is 0 Å². The molecule has 0 heterocycles. The molecule has 0 radical (unpaired) electrons. The summed E-state index contributed by atoms with van der Waals surface area (Å²) in [6.45, 7) is 3.07. The lowest BCUT2D eigenvalue weighted by Gasteiger charge is -2.10. The predicted molar refractivity (Wildman–Crippen MR) is 51.4 cm³/mol. The molecule has 0 saturated carbocycles. The molecule has 1 nitrogen and oxygen atoms in total. The molecule has 1 unspecified atom stereocenters. The number of hydrogen-bond acceptors (Lipinski definition) is 1. The molecule has 0 amide bonds. The Balaban J connectivity index is 2.48. The van der Waals surface area contributed by atoms with Crippen molar-refractivity contribution in [2.24, 2.45) is 0 Å². The van der Waals surface area contributed by atoms with Crippen LogP contribution in [0.5, 0.6) is 0 Å². The summed E-state index contributed by atoms with van der Waals surface area (Å²) in [7, 11) is 1.75. The number of hydrogen-bond donors (Lipinski definition) is 0. The van der Waals surface area contributed by atoms with Crippen molar-refractivity contribution in [3.63, 3.8) is 0 Å². The van der Waals surface area contributed by atoms with Gasteiger partial charge in [0.2, 0.25) is 0 Å². The van der Waals surface area contributed by atoms with Gasteiger partial charge in [-0.3, -0.25) is 0 Å². The summed E-state index contributed by atoms with van der Waals surface area (Å²) in [5.74, 6) is 0.603. The van der Waals surface area contributed by atoms with Crippen molar-refractivity contribution in [3.05, 3.63) is 35.9 Å². The summed E-state index contributed by atoms with van der Waals surface area (Å²) in [5.41, 5.74) is 1.40. The van der Waals surface area contributed by atoms with E-state index < -0.39 is 0 Å². The van der Waals surface area contributed by atoms with Gasteiger partial charge in [0.1, 0.15) is 0 Å². The lowest BCUT2D eigenvalue weighted by Crippen LogP contribution is -1.98. The molecular weight excluding hydrogens is 148 g/mol. The molecule has 0 fully saturated rings. The van der Waals surface area contributed by atoms with Gasteiger partial charge in [-0.2, -0.15) is 0 Å². The van der Waals surface area contributed by atoms with Gasteiger partial charge in [-0.15, -0.1) is 0 Å².